The molecule has 1 aliphatic rings. The Morgan fingerprint density at radius 3 is 2.52 bits per heavy atom. The Balaban J connectivity index is 1.67. The second-order valence-electron chi connectivity index (χ2n) is 6.77. The molecule has 27 heavy (non-hydrogen) atoms. The van der Waals surface area contributed by atoms with Crippen LogP contribution in [0.5, 0.6) is 0 Å². The van der Waals surface area contributed by atoms with Gasteiger partial charge in [-0.05, 0) is 31.0 Å². The van der Waals surface area contributed by atoms with Crippen molar-refractivity contribution in [2.24, 2.45) is 0 Å². The fraction of sp³-hybridized carbons (Fsp3) is 0.227. The lowest BCUT2D eigenvalue weighted by molar-refractivity contribution is 0.750. The zero-order valence-corrected chi connectivity index (χ0v) is 15.0. The SMILES string of the molecule is N#Cc1cccc(Nc2nc(NC3CCCC3)cc(-c3ccccc3)n2)c1. The lowest BCUT2D eigenvalue weighted by atomic mass is 10.1. The fourth-order valence-electron chi connectivity index (χ4n) is 3.41. The highest BCUT2D eigenvalue weighted by atomic mass is 15.2. The maximum atomic E-state index is 9.11. The smallest absolute Gasteiger partial charge is 0.229 e. The van der Waals surface area contributed by atoms with Crippen molar-refractivity contribution < 1.29 is 0 Å². The van der Waals surface area contributed by atoms with Gasteiger partial charge in [-0.3, -0.25) is 0 Å². The summed E-state index contributed by atoms with van der Waals surface area (Å²) in [6.45, 7) is 0. The van der Waals surface area contributed by atoms with Crippen molar-refractivity contribution in [1.82, 2.24) is 9.97 Å². The van der Waals surface area contributed by atoms with E-state index in [9.17, 15) is 0 Å². The molecule has 0 spiro atoms. The Morgan fingerprint density at radius 2 is 1.74 bits per heavy atom. The summed E-state index contributed by atoms with van der Waals surface area (Å²) in [6, 6.07) is 22.0. The summed E-state index contributed by atoms with van der Waals surface area (Å²) in [7, 11) is 0. The van der Waals surface area contributed by atoms with Gasteiger partial charge in [-0.1, -0.05) is 49.2 Å². The molecule has 2 N–H and O–H groups in total. The first kappa shape index (κ1) is 17.0. The van der Waals surface area contributed by atoms with Crippen LogP contribution in [-0.2, 0) is 0 Å². The lowest BCUT2D eigenvalue weighted by Gasteiger charge is -2.15. The Labute approximate surface area is 159 Å². The molecule has 0 bridgehead atoms. The number of aromatic nitrogens is 2. The Kier molecular flexibility index (Phi) is 4.97. The van der Waals surface area contributed by atoms with Gasteiger partial charge in [0.25, 0.3) is 0 Å². The van der Waals surface area contributed by atoms with Gasteiger partial charge in [0.1, 0.15) is 5.82 Å². The molecule has 1 fully saturated rings. The van der Waals surface area contributed by atoms with E-state index >= 15 is 0 Å². The normalized spacial score (nSPS) is 13.9. The molecule has 5 heteroatoms. The predicted octanol–water partition coefficient (Wildman–Crippen LogP) is 5.11. The maximum Gasteiger partial charge on any atom is 0.229 e. The number of hydrogen-bond acceptors (Lipinski definition) is 5. The van der Waals surface area contributed by atoms with Crippen LogP contribution in [0, 0.1) is 11.3 Å². The van der Waals surface area contributed by atoms with Gasteiger partial charge >= 0.3 is 0 Å². The molecule has 1 aliphatic carbocycles. The summed E-state index contributed by atoms with van der Waals surface area (Å²) in [5.41, 5.74) is 3.31. The number of nitrogens with zero attached hydrogens (tertiary/aromatic N) is 3. The van der Waals surface area contributed by atoms with E-state index in [1.54, 1.807) is 12.1 Å². The number of benzene rings is 2. The van der Waals surface area contributed by atoms with Gasteiger partial charge in [0, 0.05) is 23.4 Å². The molecule has 1 heterocycles. The first-order chi connectivity index (χ1) is 13.3. The molecule has 3 aromatic rings. The molecule has 0 saturated heterocycles. The zero-order valence-electron chi connectivity index (χ0n) is 15.0. The summed E-state index contributed by atoms with van der Waals surface area (Å²) >= 11 is 0. The van der Waals surface area contributed by atoms with Crippen LogP contribution in [0.3, 0.4) is 0 Å². The van der Waals surface area contributed by atoms with Gasteiger partial charge < -0.3 is 10.6 Å². The molecule has 0 amide bonds. The highest BCUT2D eigenvalue weighted by molar-refractivity contribution is 5.66. The molecule has 1 saturated carbocycles. The minimum absolute atomic E-state index is 0.471. The molecule has 0 atom stereocenters. The Bertz CT molecular complexity index is 956. The topological polar surface area (TPSA) is 73.6 Å². The van der Waals surface area contributed by atoms with E-state index in [4.69, 9.17) is 5.26 Å². The van der Waals surface area contributed by atoms with E-state index in [1.807, 2.05) is 48.5 Å². The number of hydrogen-bond donors (Lipinski definition) is 2. The van der Waals surface area contributed by atoms with Crippen molar-refractivity contribution in [2.45, 2.75) is 31.7 Å². The number of nitriles is 1. The highest BCUT2D eigenvalue weighted by Crippen LogP contribution is 2.26. The maximum absolute atomic E-state index is 9.11. The molecule has 4 rings (SSSR count). The minimum atomic E-state index is 0.471. The van der Waals surface area contributed by atoms with Gasteiger partial charge in [-0.25, -0.2) is 4.98 Å². The van der Waals surface area contributed by atoms with E-state index in [0.29, 0.717) is 17.6 Å². The minimum Gasteiger partial charge on any atom is -0.367 e. The van der Waals surface area contributed by atoms with Crippen molar-refractivity contribution in [3.63, 3.8) is 0 Å². The standard InChI is InChI=1S/C22H21N5/c23-15-16-7-6-12-19(13-16)25-22-26-20(17-8-2-1-3-9-17)14-21(27-22)24-18-10-4-5-11-18/h1-3,6-9,12-14,18H,4-5,10-11H2,(H2,24,25,26,27). The monoisotopic (exact) mass is 355 g/mol. The molecule has 1 aromatic heterocycles. The second kappa shape index (κ2) is 7.88. The molecule has 5 nitrogen and oxygen atoms in total. The van der Waals surface area contributed by atoms with Crippen LogP contribution in [-0.4, -0.2) is 16.0 Å². The van der Waals surface area contributed by atoms with E-state index in [1.165, 1.54) is 25.7 Å². The quantitative estimate of drug-likeness (QED) is 0.665. The second-order valence-corrected chi connectivity index (χ2v) is 6.77. The average Bonchev–Trinajstić information content (AvgIpc) is 3.21. The summed E-state index contributed by atoms with van der Waals surface area (Å²) in [5, 5.41) is 15.9. The highest BCUT2D eigenvalue weighted by Gasteiger charge is 2.16. The fourth-order valence-corrected chi connectivity index (χ4v) is 3.41. The Morgan fingerprint density at radius 1 is 0.926 bits per heavy atom. The van der Waals surface area contributed by atoms with Crippen molar-refractivity contribution in [3.8, 4) is 17.3 Å². The largest absolute Gasteiger partial charge is 0.367 e. The van der Waals surface area contributed by atoms with Crippen LogP contribution in [0.15, 0.2) is 60.7 Å². The summed E-state index contributed by atoms with van der Waals surface area (Å²) < 4.78 is 0. The van der Waals surface area contributed by atoms with E-state index in [0.717, 1.165) is 22.8 Å². The van der Waals surface area contributed by atoms with E-state index < -0.39 is 0 Å². The third-order valence-electron chi connectivity index (χ3n) is 4.75. The zero-order chi connectivity index (χ0) is 18.5. The van der Waals surface area contributed by atoms with Crippen LogP contribution < -0.4 is 10.6 Å². The van der Waals surface area contributed by atoms with Crippen molar-refractivity contribution in [2.75, 3.05) is 10.6 Å². The molecule has 0 radical (unpaired) electrons. The van der Waals surface area contributed by atoms with Gasteiger partial charge in [0.15, 0.2) is 0 Å². The third-order valence-corrected chi connectivity index (χ3v) is 4.75. The van der Waals surface area contributed by atoms with Gasteiger partial charge in [0.2, 0.25) is 5.95 Å². The number of anilines is 3. The summed E-state index contributed by atoms with van der Waals surface area (Å²) in [6.07, 6.45) is 4.88. The predicted molar refractivity (Wildman–Crippen MR) is 108 cm³/mol. The Hall–Kier alpha value is -3.39. The molecule has 134 valence electrons. The summed E-state index contributed by atoms with van der Waals surface area (Å²) in [5.74, 6) is 1.35. The van der Waals surface area contributed by atoms with Crippen LogP contribution in [0.2, 0.25) is 0 Å². The van der Waals surface area contributed by atoms with Crippen LogP contribution in [0.25, 0.3) is 11.3 Å². The molecular formula is C22H21N5. The van der Waals surface area contributed by atoms with Gasteiger partial charge in [-0.15, -0.1) is 0 Å². The van der Waals surface area contributed by atoms with Crippen LogP contribution >= 0.6 is 0 Å². The molecule has 0 unspecified atom stereocenters. The first-order valence-electron chi connectivity index (χ1n) is 9.28. The third kappa shape index (κ3) is 4.24. The van der Waals surface area contributed by atoms with Crippen molar-refractivity contribution >= 4 is 17.5 Å². The van der Waals surface area contributed by atoms with Crippen LogP contribution in [0.1, 0.15) is 31.2 Å². The van der Waals surface area contributed by atoms with Gasteiger partial charge in [0.05, 0.1) is 17.3 Å². The van der Waals surface area contributed by atoms with E-state index in [-0.39, 0.29) is 0 Å². The van der Waals surface area contributed by atoms with Crippen molar-refractivity contribution in [1.29, 1.82) is 5.26 Å². The summed E-state index contributed by atoms with van der Waals surface area (Å²) in [4.78, 5) is 9.34. The van der Waals surface area contributed by atoms with Crippen LogP contribution in [0.4, 0.5) is 17.5 Å². The van der Waals surface area contributed by atoms with Gasteiger partial charge in [-0.2, -0.15) is 10.2 Å². The number of rotatable bonds is 5. The first-order valence-corrected chi connectivity index (χ1v) is 9.28. The average molecular weight is 355 g/mol. The lowest BCUT2D eigenvalue weighted by Crippen LogP contribution is -2.16. The number of nitrogens with one attached hydrogen (secondary N) is 2. The molecule has 2 aromatic carbocycles. The molecule has 0 aliphatic heterocycles. The van der Waals surface area contributed by atoms with E-state index in [2.05, 4.69) is 26.7 Å². The van der Waals surface area contributed by atoms with Crippen molar-refractivity contribution in [3.05, 3.63) is 66.2 Å². The molecular weight excluding hydrogens is 334 g/mol.